The number of nitrogens with one attached hydrogen (secondary N) is 1. The highest BCUT2D eigenvalue weighted by atomic mass is 19.1. The third-order valence-electron chi connectivity index (χ3n) is 5.25. The normalized spacial score (nSPS) is 14.0. The molecule has 0 unspecified atom stereocenters. The van der Waals surface area contributed by atoms with Crippen molar-refractivity contribution in [1.82, 2.24) is 4.90 Å². The highest BCUT2D eigenvalue weighted by Crippen LogP contribution is 2.32. The van der Waals surface area contributed by atoms with Crippen LogP contribution < -0.4 is 5.32 Å². The van der Waals surface area contributed by atoms with Crippen LogP contribution in [-0.4, -0.2) is 36.5 Å². The van der Waals surface area contributed by atoms with Crippen molar-refractivity contribution in [2.24, 2.45) is 0 Å². The first-order valence-corrected chi connectivity index (χ1v) is 10.7. The quantitative estimate of drug-likeness (QED) is 0.438. The molecule has 31 heavy (non-hydrogen) atoms. The van der Waals surface area contributed by atoms with Gasteiger partial charge in [0.1, 0.15) is 11.5 Å². The fourth-order valence-electron chi connectivity index (χ4n) is 3.59. The second-order valence-corrected chi connectivity index (χ2v) is 7.78. The molecule has 0 saturated heterocycles. The number of anilines is 1. The van der Waals surface area contributed by atoms with E-state index in [0.29, 0.717) is 30.9 Å². The number of benzene rings is 2. The van der Waals surface area contributed by atoms with Crippen LogP contribution in [0.1, 0.15) is 42.9 Å². The monoisotopic (exact) mass is 424 g/mol. The summed E-state index contributed by atoms with van der Waals surface area (Å²) >= 11 is 0. The van der Waals surface area contributed by atoms with Crippen LogP contribution in [0.5, 0.6) is 0 Å². The van der Waals surface area contributed by atoms with Crippen LogP contribution in [0.4, 0.5) is 10.1 Å². The van der Waals surface area contributed by atoms with Crippen LogP contribution in [0, 0.1) is 19.7 Å². The third-order valence-corrected chi connectivity index (χ3v) is 5.25. The lowest BCUT2D eigenvalue weighted by atomic mass is 9.97. The van der Waals surface area contributed by atoms with Gasteiger partial charge < -0.3 is 10.1 Å². The minimum absolute atomic E-state index is 0.218. The molecule has 2 aromatic carbocycles. The van der Waals surface area contributed by atoms with E-state index in [4.69, 9.17) is 4.74 Å². The fraction of sp³-hybridized carbons (Fsp3) is 0.360. The van der Waals surface area contributed by atoms with Crippen molar-refractivity contribution in [3.63, 3.8) is 0 Å². The van der Waals surface area contributed by atoms with E-state index >= 15 is 0 Å². The molecular formula is C25H29FN2O3. The summed E-state index contributed by atoms with van der Waals surface area (Å²) in [6.45, 7) is 7.47. The van der Waals surface area contributed by atoms with Crippen LogP contribution in [0.2, 0.25) is 0 Å². The molecule has 5 nitrogen and oxygen atoms in total. The molecule has 1 heterocycles. The van der Waals surface area contributed by atoms with Gasteiger partial charge in [-0.15, -0.1) is 0 Å². The number of unbranched alkanes of at least 4 members (excludes halogenated alkanes) is 1. The Balaban J connectivity index is 1.86. The van der Waals surface area contributed by atoms with E-state index in [-0.39, 0.29) is 29.9 Å². The van der Waals surface area contributed by atoms with Crippen LogP contribution in [0.25, 0.3) is 5.57 Å². The van der Waals surface area contributed by atoms with Gasteiger partial charge in [-0.2, -0.15) is 0 Å². The van der Waals surface area contributed by atoms with Crippen molar-refractivity contribution in [1.29, 1.82) is 0 Å². The molecule has 0 bridgehead atoms. The van der Waals surface area contributed by atoms with E-state index in [1.807, 2.05) is 32.0 Å². The number of carbonyl (C=O) groups is 2. The van der Waals surface area contributed by atoms with Crippen molar-refractivity contribution in [3.8, 4) is 0 Å². The summed E-state index contributed by atoms with van der Waals surface area (Å²) in [7, 11) is 0. The fourth-order valence-corrected chi connectivity index (χ4v) is 3.59. The summed E-state index contributed by atoms with van der Waals surface area (Å²) in [6.07, 6.45) is 2.63. The van der Waals surface area contributed by atoms with E-state index in [1.165, 1.54) is 17.0 Å². The SMILES string of the molecule is CCCCOCCCN1C(=O)C(Nc2ccc(F)cc2)=C(c2ccc(C)cc2C)C1=O. The zero-order chi connectivity index (χ0) is 22.4. The molecule has 0 aliphatic carbocycles. The minimum atomic E-state index is -0.377. The standard InChI is InChI=1S/C25H29FN2O3/c1-4-5-14-31-15-6-13-28-24(29)22(21-12-7-17(2)16-18(21)3)23(25(28)30)27-20-10-8-19(26)9-11-20/h7-12,16,27H,4-6,13-15H2,1-3H3. The molecular weight excluding hydrogens is 395 g/mol. The maximum atomic E-state index is 13.3. The molecule has 0 fully saturated rings. The predicted octanol–water partition coefficient (Wildman–Crippen LogP) is 4.84. The summed E-state index contributed by atoms with van der Waals surface area (Å²) in [5.41, 5.74) is 3.82. The first kappa shape index (κ1) is 22.7. The predicted molar refractivity (Wildman–Crippen MR) is 120 cm³/mol. The number of rotatable bonds is 10. The maximum absolute atomic E-state index is 13.3. The lowest BCUT2D eigenvalue weighted by Gasteiger charge is -2.15. The van der Waals surface area contributed by atoms with Gasteiger partial charge in [0.25, 0.3) is 11.8 Å². The number of aryl methyl sites for hydroxylation is 2. The number of imide groups is 1. The summed E-state index contributed by atoms with van der Waals surface area (Å²) < 4.78 is 18.9. The Morgan fingerprint density at radius 2 is 1.68 bits per heavy atom. The van der Waals surface area contributed by atoms with Gasteiger partial charge in [0, 0.05) is 25.4 Å². The lowest BCUT2D eigenvalue weighted by Crippen LogP contribution is -2.34. The second-order valence-electron chi connectivity index (χ2n) is 7.78. The summed E-state index contributed by atoms with van der Waals surface area (Å²) in [6, 6.07) is 11.5. The molecule has 1 aliphatic heterocycles. The first-order chi connectivity index (χ1) is 14.9. The van der Waals surface area contributed by atoms with Gasteiger partial charge in [-0.05, 0) is 62.1 Å². The summed E-state index contributed by atoms with van der Waals surface area (Å²) in [5.74, 6) is -1.07. The van der Waals surface area contributed by atoms with Gasteiger partial charge in [-0.1, -0.05) is 37.1 Å². The Bertz CT molecular complexity index is 983. The highest BCUT2D eigenvalue weighted by Gasteiger charge is 2.39. The lowest BCUT2D eigenvalue weighted by molar-refractivity contribution is -0.137. The number of nitrogens with zero attached hydrogens (tertiary/aromatic N) is 1. The number of halogens is 1. The van der Waals surface area contributed by atoms with Crippen LogP contribution >= 0.6 is 0 Å². The largest absolute Gasteiger partial charge is 0.381 e. The van der Waals surface area contributed by atoms with Gasteiger partial charge in [0.15, 0.2) is 0 Å². The molecule has 1 N–H and O–H groups in total. The number of hydrogen-bond donors (Lipinski definition) is 1. The summed E-state index contributed by atoms with van der Waals surface area (Å²) in [5, 5.41) is 3.06. The Hall–Kier alpha value is -2.99. The highest BCUT2D eigenvalue weighted by molar-refractivity contribution is 6.36. The molecule has 0 saturated carbocycles. The average Bonchev–Trinajstić information content (AvgIpc) is 2.96. The Morgan fingerprint density at radius 3 is 2.35 bits per heavy atom. The number of carbonyl (C=O) groups excluding carboxylic acids is 2. The Morgan fingerprint density at radius 1 is 0.968 bits per heavy atom. The zero-order valence-electron chi connectivity index (χ0n) is 18.3. The zero-order valence-corrected chi connectivity index (χ0v) is 18.3. The minimum Gasteiger partial charge on any atom is -0.381 e. The maximum Gasteiger partial charge on any atom is 0.278 e. The van der Waals surface area contributed by atoms with Gasteiger partial charge in [0.05, 0.1) is 5.57 Å². The average molecular weight is 425 g/mol. The smallest absolute Gasteiger partial charge is 0.278 e. The molecule has 6 heteroatoms. The van der Waals surface area contributed by atoms with Crippen LogP contribution in [-0.2, 0) is 14.3 Å². The van der Waals surface area contributed by atoms with Crippen molar-refractivity contribution in [3.05, 3.63) is 70.7 Å². The van der Waals surface area contributed by atoms with Gasteiger partial charge in [0.2, 0.25) is 0 Å². The van der Waals surface area contributed by atoms with Crippen molar-refractivity contribution >= 4 is 23.1 Å². The topological polar surface area (TPSA) is 58.6 Å². The van der Waals surface area contributed by atoms with Gasteiger partial charge >= 0.3 is 0 Å². The second kappa shape index (κ2) is 10.4. The molecule has 2 aromatic rings. The molecule has 164 valence electrons. The van der Waals surface area contributed by atoms with E-state index in [0.717, 1.165) is 29.5 Å². The van der Waals surface area contributed by atoms with E-state index in [1.54, 1.807) is 12.1 Å². The van der Waals surface area contributed by atoms with Gasteiger partial charge in [-0.3, -0.25) is 14.5 Å². The Labute approximate surface area is 182 Å². The Kier molecular flexibility index (Phi) is 7.58. The van der Waals surface area contributed by atoms with Crippen molar-refractivity contribution < 1.29 is 18.7 Å². The van der Waals surface area contributed by atoms with Crippen LogP contribution in [0.15, 0.2) is 48.2 Å². The van der Waals surface area contributed by atoms with Crippen LogP contribution in [0.3, 0.4) is 0 Å². The van der Waals surface area contributed by atoms with E-state index in [2.05, 4.69) is 12.2 Å². The molecule has 1 aliphatic rings. The third kappa shape index (κ3) is 5.39. The molecule has 2 amide bonds. The molecule has 3 rings (SSSR count). The number of ether oxygens (including phenoxy) is 1. The van der Waals surface area contributed by atoms with Crippen molar-refractivity contribution in [2.45, 2.75) is 40.0 Å². The molecule has 0 atom stereocenters. The van der Waals surface area contributed by atoms with Gasteiger partial charge in [-0.25, -0.2) is 4.39 Å². The van der Waals surface area contributed by atoms with E-state index < -0.39 is 0 Å². The number of hydrogen-bond acceptors (Lipinski definition) is 4. The molecule has 0 radical (unpaired) electrons. The number of amides is 2. The summed E-state index contributed by atoms with van der Waals surface area (Å²) in [4.78, 5) is 27.7. The van der Waals surface area contributed by atoms with Crippen molar-refractivity contribution in [2.75, 3.05) is 25.1 Å². The first-order valence-electron chi connectivity index (χ1n) is 10.7. The molecule has 0 spiro atoms. The van der Waals surface area contributed by atoms with E-state index in [9.17, 15) is 14.0 Å². The molecule has 0 aromatic heterocycles.